The smallest absolute Gasteiger partial charge is 0.357 e. The van der Waals surface area contributed by atoms with Crippen molar-refractivity contribution in [3.05, 3.63) is 35.1 Å². The van der Waals surface area contributed by atoms with Crippen LogP contribution < -0.4 is 9.47 Å². The maximum Gasteiger partial charge on any atom is 0.357 e. The molecule has 0 aromatic heterocycles. The van der Waals surface area contributed by atoms with E-state index in [1.165, 1.54) is 7.11 Å². The van der Waals surface area contributed by atoms with Crippen molar-refractivity contribution in [2.45, 2.75) is 75.8 Å². The summed E-state index contributed by atoms with van der Waals surface area (Å²) in [4.78, 5) is 48.3. The molecule has 1 spiro atoms. The van der Waals surface area contributed by atoms with Crippen LogP contribution in [0, 0.1) is 11.8 Å². The van der Waals surface area contributed by atoms with Crippen molar-refractivity contribution in [1.29, 1.82) is 0 Å². The number of carbonyl (C=O) groups is 4. The van der Waals surface area contributed by atoms with E-state index >= 15 is 0 Å². The molecule has 0 radical (unpaired) electrons. The molecule has 0 amide bonds. The number of aliphatic carboxylic acids is 1. The van der Waals surface area contributed by atoms with Gasteiger partial charge in [0.2, 0.25) is 12.2 Å². The number of methoxy groups -OCH3 is 1. The third kappa shape index (κ3) is 3.58. The number of rotatable bonds is 7. The normalized spacial score (nSPS) is 31.5. The van der Waals surface area contributed by atoms with Crippen LogP contribution in [0.25, 0.3) is 0 Å². The van der Waals surface area contributed by atoms with Crippen LogP contribution >= 0.6 is 0 Å². The molecule has 2 bridgehead atoms. The molecular weight excluding hydrogens is 500 g/mol. The van der Waals surface area contributed by atoms with Gasteiger partial charge in [-0.3, -0.25) is 9.59 Å². The van der Waals surface area contributed by atoms with Gasteiger partial charge in [0.1, 0.15) is 5.76 Å². The molecule has 1 fully saturated rings. The summed E-state index contributed by atoms with van der Waals surface area (Å²) in [5.41, 5.74) is -0.220. The van der Waals surface area contributed by atoms with E-state index < -0.39 is 53.2 Å². The summed E-state index contributed by atoms with van der Waals surface area (Å²) < 4.78 is 27.3. The molecule has 1 unspecified atom stereocenters. The van der Waals surface area contributed by atoms with Crippen molar-refractivity contribution in [1.82, 2.24) is 0 Å². The standard InChI is InChI=1S/C27H30O11/c1-12-7-9-26-19-15-5-6-17(34-4)20(19)38-23(26)18(8-10-27(26,33)16(12)11-15)37-25(32)22(36-14(3)29)21(24(30)31)35-13(2)28/h5-6,8,12,16,21-23,33H,7,9-11H2,1-4H3,(H,30,31)/t12?,16-,21+,22+,23-,26-,27+/m0/s1. The third-order valence-corrected chi connectivity index (χ3v) is 8.49. The van der Waals surface area contributed by atoms with Gasteiger partial charge < -0.3 is 33.9 Å². The maximum absolute atomic E-state index is 13.3. The fourth-order valence-electron chi connectivity index (χ4n) is 6.97. The first-order valence-electron chi connectivity index (χ1n) is 12.5. The number of ether oxygens (including phenoxy) is 5. The quantitative estimate of drug-likeness (QED) is 0.392. The first-order chi connectivity index (χ1) is 17.9. The van der Waals surface area contributed by atoms with E-state index in [-0.39, 0.29) is 24.0 Å². The summed E-state index contributed by atoms with van der Waals surface area (Å²) in [6.07, 6.45) is -1.31. The van der Waals surface area contributed by atoms with Crippen LogP contribution in [0.5, 0.6) is 11.5 Å². The molecule has 1 heterocycles. The summed E-state index contributed by atoms with van der Waals surface area (Å²) in [5.74, 6) is -3.68. The molecule has 7 atom stereocenters. The maximum atomic E-state index is 13.3. The van der Waals surface area contributed by atoms with E-state index in [0.29, 0.717) is 24.3 Å². The van der Waals surface area contributed by atoms with Gasteiger partial charge in [0.15, 0.2) is 17.6 Å². The summed E-state index contributed by atoms with van der Waals surface area (Å²) >= 11 is 0. The van der Waals surface area contributed by atoms with Gasteiger partial charge in [0.25, 0.3) is 0 Å². The summed E-state index contributed by atoms with van der Waals surface area (Å²) in [7, 11) is 1.52. The van der Waals surface area contributed by atoms with Crippen LogP contribution in [0.4, 0.5) is 0 Å². The van der Waals surface area contributed by atoms with Gasteiger partial charge in [-0.1, -0.05) is 13.0 Å². The van der Waals surface area contributed by atoms with Crippen molar-refractivity contribution < 1.29 is 53.1 Å². The molecule has 204 valence electrons. The zero-order valence-electron chi connectivity index (χ0n) is 21.5. The third-order valence-electron chi connectivity index (χ3n) is 8.49. The zero-order chi connectivity index (χ0) is 27.6. The number of benzene rings is 1. The van der Waals surface area contributed by atoms with E-state index in [9.17, 15) is 29.4 Å². The van der Waals surface area contributed by atoms with E-state index in [1.54, 1.807) is 6.08 Å². The molecule has 1 aromatic rings. The van der Waals surface area contributed by atoms with Gasteiger partial charge in [0, 0.05) is 19.4 Å². The molecule has 1 saturated carbocycles. The Labute approximate surface area is 218 Å². The Morgan fingerprint density at radius 1 is 1.11 bits per heavy atom. The Kier molecular flexibility index (Phi) is 6.17. The number of hydrogen-bond donors (Lipinski definition) is 2. The van der Waals surface area contributed by atoms with E-state index in [2.05, 4.69) is 6.92 Å². The average molecular weight is 531 g/mol. The Morgan fingerprint density at radius 3 is 2.42 bits per heavy atom. The molecular formula is C27H30O11. The summed E-state index contributed by atoms with van der Waals surface area (Å²) in [6, 6.07) is 3.79. The van der Waals surface area contributed by atoms with Crippen molar-refractivity contribution in [3.63, 3.8) is 0 Å². The van der Waals surface area contributed by atoms with E-state index in [1.807, 2.05) is 12.1 Å². The van der Waals surface area contributed by atoms with Crippen molar-refractivity contribution in [3.8, 4) is 11.5 Å². The van der Waals surface area contributed by atoms with Gasteiger partial charge in [-0.2, -0.15) is 0 Å². The van der Waals surface area contributed by atoms with Gasteiger partial charge in [-0.25, -0.2) is 9.59 Å². The number of carboxylic acids is 1. The van der Waals surface area contributed by atoms with Crippen molar-refractivity contribution in [2.24, 2.45) is 11.8 Å². The number of aliphatic hydroxyl groups is 1. The minimum atomic E-state index is -2.12. The second kappa shape index (κ2) is 9.00. The topological polar surface area (TPSA) is 155 Å². The fourth-order valence-corrected chi connectivity index (χ4v) is 6.97. The highest BCUT2D eigenvalue weighted by molar-refractivity contribution is 5.88. The SMILES string of the molecule is COc1ccc2c3c1O[C@H]1C(OC(=O)[C@H](OC(C)=O)[C@@H](OC(C)=O)C(=O)O)=CC[C@@]4(O)[C@@H](C2)C(C)CC[C@]314. The molecule has 5 rings (SSSR count). The highest BCUT2D eigenvalue weighted by Gasteiger charge is 2.72. The van der Waals surface area contributed by atoms with E-state index in [4.69, 9.17) is 23.7 Å². The second-order valence-electron chi connectivity index (χ2n) is 10.5. The minimum absolute atomic E-state index is 0.0585. The first kappa shape index (κ1) is 26.0. The lowest BCUT2D eigenvalue weighted by atomic mass is 9.45. The van der Waals surface area contributed by atoms with Crippen molar-refractivity contribution >= 4 is 23.9 Å². The van der Waals surface area contributed by atoms with Crippen molar-refractivity contribution in [2.75, 3.05) is 7.11 Å². The van der Waals surface area contributed by atoms with E-state index in [0.717, 1.165) is 31.4 Å². The molecule has 3 aliphatic carbocycles. The molecule has 11 heteroatoms. The molecule has 11 nitrogen and oxygen atoms in total. The molecule has 1 aromatic carbocycles. The Balaban J connectivity index is 1.56. The van der Waals surface area contributed by atoms with Crippen LogP contribution in [-0.2, 0) is 45.2 Å². The Bertz CT molecular complexity index is 1250. The monoisotopic (exact) mass is 530 g/mol. The lowest BCUT2D eigenvalue weighted by molar-refractivity contribution is -0.190. The van der Waals surface area contributed by atoms with Gasteiger partial charge >= 0.3 is 23.9 Å². The number of hydrogen-bond acceptors (Lipinski definition) is 10. The lowest BCUT2D eigenvalue weighted by Gasteiger charge is -2.61. The van der Waals surface area contributed by atoms with Crippen LogP contribution in [0.2, 0.25) is 0 Å². The van der Waals surface area contributed by atoms with Crippen LogP contribution in [0.1, 0.15) is 51.2 Å². The molecule has 2 N–H and O–H groups in total. The Hall–Kier alpha value is -3.60. The minimum Gasteiger partial charge on any atom is -0.493 e. The number of carbonyl (C=O) groups excluding carboxylic acids is 3. The number of carboxylic acid groups (broad SMARTS) is 1. The van der Waals surface area contributed by atoms with Crippen LogP contribution in [-0.4, -0.2) is 65.1 Å². The van der Waals surface area contributed by atoms with Gasteiger partial charge in [-0.05, 0) is 55.2 Å². The molecule has 4 aliphatic rings. The highest BCUT2D eigenvalue weighted by Crippen LogP contribution is 2.68. The predicted molar refractivity (Wildman–Crippen MR) is 127 cm³/mol. The highest BCUT2D eigenvalue weighted by atomic mass is 16.6. The zero-order valence-corrected chi connectivity index (χ0v) is 21.5. The first-order valence-corrected chi connectivity index (χ1v) is 12.5. The molecule has 38 heavy (non-hydrogen) atoms. The lowest BCUT2D eigenvalue weighted by Crippen LogP contribution is -2.69. The summed E-state index contributed by atoms with van der Waals surface area (Å²) in [6.45, 7) is 4.08. The summed E-state index contributed by atoms with van der Waals surface area (Å²) in [5, 5.41) is 21.8. The average Bonchev–Trinajstić information content (AvgIpc) is 3.20. The molecule has 0 saturated heterocycles. The molecule has 1 aliphatic heterocycles. The van der Waals surface area contributed by atoms with Gasteiger partial charge in [0.05, 0.1) is 18.1 Å². The van der Waals surface area contributed by atoms with Crippen LogP contribution in [0.15, 0.2) is 24.0 Å². The second-order valence-corrected chi connectivity index (χ2v) is 10.5. The fraction of sp³-hybridized carbons (Fsp3) is 0.556. The Morgan fingerprint density at radius 2 is 1.79 bits per heavy atom. The number of esters is 3. The predicted octanol–water partition coefficient (Wildman–Crippen LogP) is 1.81. The van der Waals surface area contributed by atoms with Gasteiger partial charge in [-0.15, -0.1) is 0 Å². The van der Waals surface area contributed by atoms with Crippen LogP contribution in [0.3, 0.4) is 0 Å². The largest absolute Gasteiger partial charge is 0.493 e.